The number of pyridine rings is 1. The number of aliphatic hydroxyl groups is 1. The van der Waals surface area contributed by atoms with Crippen LogP contribution in [-0.2, 0) is 11.3 Å². The van der Waals surface area contributed by atoms with Crippen molar-refractivity contribution in [1.29, 1.82) is 0 Å². The molecule has 5 rings (SSSR count). The Morgan fingerprint density at radius 1 is 1.08 bits per heavy atom. The maximum atomic E-state index is 13.2. The summed E-state index contributed by atoms with van der Waals surface area (Å²) in [6.45, 7) is 2.65. The van der Waals surface area contributed by atoms with Crippen LogP contribution < -0.4 is 5.32 Å². The molecule has 0 aliphatic carbocycles. The van der Waals surface area contributed by atoms with E-state index in [1.165, 1.54) is 20.2 Å². The lowest BCUT2D eigenvalue weighted by atomic mass is 9.97. The number of carbonyl (C=O) groups excluding carboxylic acids is 2. The number of carbonyl (C=O) groups is 2. The summed E-state index contributed by atoms with van der Waals surface area (Å²) >= 11 is 12.7. The Morgan fingerprint density at radius 2 is 1.82 bits per heavy atom. The fourth-order valence-corrected chi connectivity index (χ4v) is 4.37. The molecule has 0 atom stereocenters. The molecule has 0 saturated heterocycles. The Labute approximate surface area is 227 Å². The number of benzene rings is 2. The molecule has 8 nitrogen and oxygen atoms in total. The molecule has 38 heavy (non-hydrogen) atoms. The van der Waals surface area contributed by atoms with Gasteiger partial charge < -0.3 is 19.4 Å². The zero-order chi connectivity index (χ0) is 27.0. The molecule has 3 heterocycles. The lowest BCUT2D eigenvalue weighted by molar-refractivity contribution is -0.116. The average Bonchev–Trinajstić information content (AvgIpc) is 3.51. The highest BCUT2D eigenvalue weighted by molar-refractivity contribution is 6.33. The molecular weight excluding hydrogens is 527 g/mol. The fraction of sp³-hybridized carbons (Fsp3) is 0.143. The maximum Gasteiger partial charge on any atom is 0.244 e. The molecule has 2 aromatic carbocycles. The van der Waals surface area contributed by atoms with Gasteiger partial charge in [-0.05, 0) is 43.7 Å². The topological polar surface area (TPSA) is 110 Å². The molecule has 1 amide bonds. The smallest absolute Gasteiger partial charge is 0.244 e. The van der Waals surface area contributed by atoms with Crippen LogP contribution in [0.5, 0.6) is 0 Å². The number of furan rings is 1. The predicted molar refractivity (Wildman–Crippen MR) is 146 cm³/mol. The Balaban J connectivity index is 1.74. The van der Waals surface area contributed by atoms with Crippen LogP contribution in [-0.4, -0.2) is 36.9 Å². The van der Waals surface area contributed by atoms with Crippen LogP contribution >= 0.6 is 23.2 Å². The highest BCUT2D eigenvalue weighted by Crippen LogP contribution is 2.41. The maximum absolute atomic E-state index is 13.2. The number of ketones is 1. The van der Waals surface area contributed by atoms with E-state index in [0.29, 0.717) is 32.3 Å². The van der Waals surface area contributed by atoms with E-state index in [0.717, 1.165) is 5.56 Å². The number of hydrogen-bond donors (Lipinski definition) is 2. The number of aromatic nitrogens is 3. The van der Waals surface area contributed by atoms with Crippen LogP contribution in [0.15, 0.2) is 77.7 Å². The van der Waals surface area contributed by atoms with Gasteiger partial charge in [0.1, 0.15) is 17.8 Å². The first kappa shape index (κ1) is 25.7. The van der Waals surface area contributed by atoms with Gasteiger partial charge in [0.05, 0.1) is 17.4 Å². The summed E-state index contributed by atoms with van der Waals surface area (Å²) < 4.78 is 7.50. The number of fused-ring (bicyclic) bond motifs is 1. The number of nitrogens with one attached hydrogen (secondary N) is 1. The molecule has 192 valence electrons. The largest absolute Gasteiger partial charge is 0.432 e. The van der Waals surface area contributed by atoms with E-state index in [1.807, 2.05) is 30.3 Å². The number of imidazole rings is 1. The van der Waals surface area contributed by atoms with Crippen molar-refractivity contribution in [3.8, 4) is 22.4 Å². The first-order valence-electron chi connectivity index (χ1n) is 11.6. The highest BCUT2D eigenvalue weighted by atomic mass is 35.5. The Kier molecular flexibility index (Phi) is 6.79. The van der Waals surface area contributed by atoms with Crippen LogP contribution in [0.1, 0.15) is 24.4 Å². The van der Waals surface area contributed by atoms with Crippen LogP contribution in [0.2, 0.25) is 10.0 Å². The summed E-state index contributed by atoms with van der Waals surface area (Å²) in [7, 11) is 0. The Bertz CT molecular complexity index is 1650. The molecule has 0 unspecified atom stereocenters. The Hall–Kier alpha value is -3.98. The SMILES string of the molecule is CC(C)(O)C(=O)c1oc2nc(-c3ccccc3Cl)c(-c3ccc(Cl)cc3)cc2c1NC(=O)Cn1ccnc1. The van der Waals surface area contributed by atoms with Gasteiger partial charge in [0.25, 0.3) is 0 Å². The Morgan fingerprint density at radius 3 is 2.47 bits per heavy atom. The lowest BCUT2D eigenvalue weighted by Gasteiger charge is -2.15. The van der Waals surface area contributed by atoms with E-state index < -0.39 is 17.3 Å². The van der Waals surface area contributed by atoms with Crippen molar-refractivity contribution < 1.29 is 19.1 Å². The molecule has 10 heteroatoms. The second kappa shape index (κ2) is 10.1. The van der Waals surface area contributed by atoms with Crippen molar-refractivity contribution in [1.82, 2.24) is 14.5 Å². The first-order valence-corrected chi connectivity index (χ1v) is 12.4. The zero-order valence-electron chi connectivity index (χ0n) is 20.4. The van der Waals surface area contributed by atoms with Gasteiger partial charge in [0.15, 0.2) is 5.76 Å². The van der Waals surface area contributed by atoms with E-state index >= 15 is 0 Å². The van der Waals surface area contributed by atoms with E-state index in [4.69, 9.17) is 32.6 Å². The standard InChI is InChI=1S/C28H22Cl2N4O4/c1-28(2,37)26(36)25-24(32-22(35)14-34-12-11-31-15-34)20-13-19(16-7-9-17(29)10-8-16)23(33-27(20)38-25)18-5-3-4-6-21(18)30/h3-13,15,37H,14H2,1-2H3,(H,32,35). The quantitative estimate of drug-likeness (QED) is 0.232. The zero-order valence-corrected chi connectivity index (χ0v) is 21.9. The van der Waals surface area contributed by atoms with Crippen molar-refractivity contribution in [3.05, 3.63) is 89.1 Å². The molecule has 2 N–H and O–H groups in total. The third kappa shape index (κ3) is 5.06. The molecule has 0 bridgehead atoms. The minimum absolute atomic E-state index is 0.0437. The van der Waals surface area contributed by atoms with Gasteiger partial charge in [-0.1, -0.05) is 53.5 Å². The average molecular weight is 549 g/mol. The van der Waals surface area contributed by atoms with Gasteiger partial charge >= 0.3 is 0 Å². The number of nitrogens with zero attached hydrogens (tertiary/aromatic N) is 3. The van der Waals surface area contributed by atoms with Crippen molar-refractivity contribution in [2.24, 2.45) is 0 Å². The number of Topliss-reactive ketones (excluding diaryl/α,β-unsaturated/α-hetero) is 1. The highest BCUT2D eigenvalue weighted by Gasteiger charge is 2.33. The number of amides is 1. The summed E-state index contributed by atoms with van der Waals surface area (Å²) in [6.07, 6.45) is 4.71. The summed E-state index contributed by atoms with van der Waals surface area (Å²) in [6, 6.07) is 16.2. The first-order chi connectivity index (χ1) is 18.1. The van der Waals surface area contributed by atoms with E-state index in [-0.39, 0.29) is 23.7 Å². The molecule has 0 fully saturated rings. The van der Waals surface area contributed by atoms with Crippen molar-refractivity contribution in [2.45, 2.75) is 26.0 Å². The molecule has 5 aromatic rings. The number of rotatable bonds is 7. The third-order valence-corrected chi connectivity index (χ3v) is 6.46. The van der Waals surface area contributed by atoms with Crippen LogP contribution in [0.3, 0.4) is 0 Å². The molecule has 0 saturated carbocycles. The van der Waals surface area contributed by atoms with Gasteiger partial charge in [-0.3, -0.25) is 9.59 Å². The monoisotopic (exact) mass is 548 g/mol. The van der Waals surface area contributed by atoms with E-state index in [9.17, 15) is 14.7 Å². The number of halogens is 2. The van der Waals surface area contributed by atoms with Gasteiger partial charge in [0.2, 0.25) is 17.4 Å². The third-order valence-electron chi connectivity index (χ3n) is 5.88. The van der Waals surface area contributed by atoms with Crippen LogP contribution in [0.25, 0.3) is 33.5 Å². The van der Waals surface area contributed by atoms with Gasteiger partial charge in [-0.15, -0.1) is 0 Å². The molecule has 0 aliphatic heterocycles. The number of anilines is 1. The van der Waals surface area contributed by atoms with Gasteiger partial charge in [-0.25, -0.2) is 9.97 Å². The molecule has 0 spiro atoms. The van der Waals surface area contributed by atoms with Gasteiger partial charge in [0, 0.05) is 33.6 Å². The van der Waals surface area contributed by atoms with Crippen molar-refractivity contribution in [2.75, 3.05) is 5.32 Å². The second-order valence-corrected chi connectivity index (χ2v) is 10.0. The van der Waals surface area contributed by atoms with Crippen molar-refractivity contribution in [3.63, 3.8) is 0 Å². The number of hydrogen-bond acceptors (Lipinski definition) is 6. The molecular formula is C28H22Cl2N4O4. The van der Waals surface area contributed by atoms with E-state index in [2.05, 4.69) is 10.3 Å². The lowest BCUT2D eigenvalue weighted by Crippen LogP contribution is -2.31. The van der Waals surface area contributed by atoms with Gasteiger partial charge in [-0.2, -0.15) is 0 Å². The summed E-state index contributed by atoms with van der Waals surface area (Å²) in [5, 5.41) is 14.7. The summed E-state index contributed by atoms with van der Waals surface area (Å²) in [5.74, 6) is -1.34. The van der Waals surface area contributed by atoms with Crippen molar-refractivity contribution >= 4 is 51.7 Å². The normalized spacial score (nSPS) is 11.6. The van der Waals surface area contributed by atoms with Crippen LogP contribution in [0.4, 0.5) is 5.69 Å². The molecule has 0 radical (unpaired) electrons. The minimum atomic E-state index is -1.76. The predicted octanol–water partition coefficient (Wildman–Crippen LogP) is 6.26. The summed E-state index contributed by atoms with van der Waals surface area (Å²) in [4.78, 5) is 34.8. The minimum Gasteiger partial charge on any atom is -0.432 e. The second-order valence-electron chi connectivity index (χ2n) is 9.20. The van der Waals surface area contributed by atoms with Crippen LogP contribution in [0, 0.1) is 0 Å². The molecule has 0 aliphatic rings. The van der Waals surface area contributed by atoms with E-state index in [1.54, 1.807) is 41.2 Å². The molecule has 3 aromatic heterocycles. The fourth-order valence-electron chi connectivity index (χ4n) is 4.02. The summed E-state index contributed by atoms with van der Waals surface area (Å²) in [5.41, 5.74) is 1.08.